The van der Waals surface area contributed by atoms with Gasteiger partial charge in [0.1, 0.15) is 0 Å². The molecule has 22 heavy (non-hydrogen) atoms. The van der Waals surface area contributed by atoms with Gasteiger partial charge in [-0.15, -0.1) is 0 Å². The Hall–Kier alpha value is -1.10. The summed E-state index contributed by atoms with van der Waals surface area (Å²) in [5, 5.41) is 0. The van der Waals surface area contributed by atoms with Crippen molar-refractivity contribution in [2.45, 2.75) is 46.0 Å². The summed E-state index contributed by atoms with van der Waals surface area (Å²) in [6, 6.07) is 0. The summed E-state index contributed by atoms with van der Waals surface area (Å²) in [6.45, 7) is 9.73. The molecule has 0 saturated carbocycles. The molecule has 0 spiro atoms. The minimum absolute atomic E-state index is 0.179. The second kappa shape index (κ2) is 8.51. The van der Waals surface area contributed by atoms with Crippen LogP contribution in [0.25, 0.3) is 0 Å². The molecule has 2 amide bonds. The molecular formula is C17H31N3O2. The monoisotopic (exact) mass is 309 g/mol. The Labute approximate surface area is 134 Å². The molecule has 0 aliphatic carbocycles. The van der Waals surface area contributed by atoms with E-state index >= 15 is 0 Å². The van der Waals surface area contributed by atoms with Gasteiger partial charge in [0.05, 0.1) is 6.54 Å². The van der Waals surface area contributed by atoms with Crippen molar-refractivity contribution in [3.63, 3.8) is 0 Å². The second-order valence-electron chi connectivity index (χ2n) is 6.50. The molecule has 0 aromatic carbocycles. The summed E-state index contributed by atoms with van der Waals surface area (Å²) >= 11 is 0. The number of carbonyl (C=O) groups is 2. The minimum Gasteiger partial charge on any atom is -0.342 e. The second-order valence-corrected chi connectivity index (χ2v) is 6.50. The number of nitrogens with zero attached hydrogens (tertiary/aromatic N) is 3. The lowest BCUT2D eigenvalue weighted by atomic mass is 9.94. The van der Waals surface area contributed by atoms with Crippen LogP contribution in [0, 0.1) is 5.92 Å². The zero-order valence-corrected chi connectivity index (χ0v) is 14.2. The van der Waals surface area contributed by atoms with E-state index in [2.05, 4.69) is 9.80 Å². The Morgan fingerprint density at radius 1 is 0.955 bits per heavy atom. The number of hydrogen-bond donors (Lipinski definition) is 0. The molecule has 2 saturated heterocycles. The predicted octanol–water partition coefficient (Wildman–Crippen LogP) is 1.58. The lowest BCUT2D eigenvalue weighted by molar-refractivity contribution is -0.138. The van der Waals surface area contributed by atoms with Crippen LogP contribution in [-0.2, 0) is 9.59 Å². The van der Waals surface area contributed by atoms with Crippen molar-refractivity contribution >= 4 is 11.8 Å². The maximum Gasteiger partial charge on any atom is 0.236 e. The first-order valence-corrected chi connectivity index (χ1v) is 8.94. The first-order valence-electron chi connectivity index (χ1n) is 8.94. The van der Waals surface area contributed by atoms with Crippen LogP contribution in [0.3, 0.4) is 0 Å². The van der Waals surface area contributed by atoms with Gasteiger partial charge in [0.25, 0.3) is 0 Å². The zero-order valence-electron chi connectivity index (χ0n) is 14.2. The molecule has 0 aromatic heterocycles. The first-order chi connectivity index (χ1) is 10.7. The molecule has 2 rings (SSSR count). The van der Waals surface area contributed by atoms with E-state index in [1.54, 1.807) is 0 Å². The minimum atomic E-state index is 0.179. The smallest absolute Gasteiger partial charge is 0.236 e. The summed E-state index contributed by atoms with van der Waals surface area (Å²) in [5.74, 6) is 0.748. The van der Waals surface area contributed by atoms with Gasteiger partial charge in [-0.2, -0.15) is 0 Å². The van der Waals surface area contributed by atoms with E-state index in [4.69, 9.17) is 0 Å². The van der Waals surface area contributed by atoms with Crippen molar-refractivity contribution < 1.29 is 9.59 Å². The molecule has 5 heteroatoms. The third kappa shape index (κ3) is 4.45. The van der Waals surface area contributed by atoms with E-state index in [1.165, 1.54) is 6.42 Å². The van der Waals surface area contributed by atoms with E-state index in [0.717, 1.165) is 65.0 Å². The van der Waals surface area contributed by atoms with Crippen LogP contribution in [0.4, 0.5) is 0 Å². The lowest BCUT2D eigenvalue weighted by Gasteiger charge is -2.35. The standard InChI is InChI=1S/C17H31N3O2/c1-3-19(4-2)16(21)14-18-12-8-15(9-13-18)17(22)20-10-6-5-7-11-20/h15H,3-14H2,1-2H3. The summed E-state index contributed by atoms with van der Waals surface area (Å²) < 4.78 is 0. The number of piperidine rings is 2. The molecule has 0 bridgehead atoms. The molecular weight excluding hydrogens is 278 g/mol. The van der Waals surface area contributed by atoms with Crippen molar-refractivity contribution in [1.82, 2.24) is 14.7 Å². The van der Waals surface area contributed by atoms with Gasteiger partial charge in [-0.25, -0.2) is 0 Å². The van der Waals surface area contributed by atoms with Crippen molar-refractivity contribution in [2.24, 2.45) is 5.92 Å². The van der Waals surface area contributed by atoms with E-state index in [1.807, 2.05) is 18.7 Å². The molecule has 0 N–H and O–H groups in total. The number of likely N-dealkylation sites (tertiary alicyclic amines) is 2. The highest BCUT2D eigenvalue weighted by atomic mass is 16.2. The average Bonchev–Trinajstić information content (AvgIpc) is 2.57. The summed E-state index contributed by atoms with van der Waals surface area (Å²) in [7, 11) is 0. The first kappa shape index (κ1) is 17.3. The highest BCUT2D eigenvalue weighted by Gasteiger charge is 2.30. The van der Waals surface area contributed by atoms with E-state index in [9.17, 15) is 9.59 Å². The Morgan fingerprint density at radius 3 is 2.09 bits per heavy atom. The molecule has 0 aromatic rings. The third-order valence-corrected chi connectivity index (χ3v) is 5.08. The number of likely N-dealkylation sites (N-methyl/N-ethyl adjacent to an activating group) is 1. The molecule has 0 radical (unpaired) electrons. The number of rotatable bonds is 5. The summed E-state index contributed by atoms with van der Waals surface area (Å²) in [5.41, 5.74) is 0. The van der Waals surface area contributed by atoms with Crippen molar-refractivity contribution in [3.05, 3.63) is 0 Å². The zero-order chi connectivity index (χ0) is 15.9. The largest absolute Gasteiger partial charge is 0.342 e. The molecule has 2 aliphatic heterocycles. The number of amides is 2. The maximum atomic E-state index is 12.5. The Balaban J connectivity index is 1.75. The van der Waals surface area contributed by atoms with Crippen LogP contribution in [-0.4, -0.2) is 72.3 Å². The van der Waals surface area contributed by atoms with Crippen LogP contribution >= 0.6 is 0 Å². The SMILES string of the molecule is CCN(CC)C(=O)CN1CCC(C(=O)N2CCCCC2)CC1. The average molecular weight is 309 g/mol. The summed E-state index contributed by atoms with van der Waals surface area (Å²) in [4.78, 5) is 30.8. The van der Waals surface area contributed by atoms with Gasteiger partial charge >= 0.3 is 0 Å². The normalized spacial score (nSPS) is 20.9. The highest BCUT2D eigenvalue weighted by molar-refractivity contribution is 5.79. The van der Waals surface area contributed by atoms with Gasteiger partial charge in [0.15, 0.2) is 0 Å². The van der Waals surface area contributed by atoms with E-state index < -0.39 is 0 Å². The fourth-order valence-electron chi connectivity index (χ4n) is 3.58. The fraction of sp³-hybridized carbons (Fsp3) is 0.882. The number of hydrogen-bond acceptors (Lipinski definition) is 3. The third-order valence-electron chi connectivity index (χ3n) is 5.08. The van der Waals surface area contributed by atoms with E-state index in [0.29, 0.717) is 12.5 Å². The summed E-state index contributed by atoms with van der Waals surface area (Å²) in [6.07, 6.45) is 5.38. The van der Waals surface area contributed by atoms with Crippen LogP contribution < -0.4 is 0 Å². The lowest BCUT2D eigenvalue weighted by Crippen LogP contribution is -2.47. The fourth-order valence-corrected chi connectivity index (χ4v) is 3.58. The maximum absolute atomic E-state index is 12.5. The Morgan fingerprint density at radius 2 is 1.55 bits per heavy atom. The van der Waals surface area contributed by atoms with Gasteiger partial charge in [-0.05, 0) is 59.0 Å². The number of carbonyl (C=O) groups excluding carboxylic acids is 2. The van der Waals surface area contributed by atoms with Gasteiger partial charge < -0.3 is 9.80 Å². The molecule has 2 fully saturated rings. The highest BCUT2D eigenvalue weighted by Crippen LogP contribution is 2.21. The molecule has 126 valence electrons. The van der Waals surface area contributed by atoms with Crippen LogP contribution in [0.1, 0.15) is 46.0 Å². The van der Waals surface area contributed by atoms with Gasteiger partial charge in [0, 0.05) is 32.1 Å². The van der Waals surface area contributed by atoms with E-state index in [-0.39, 0.29) is 11.8 Å². The van der Waals surface area contributed by atoms with Crippen molar-refractivity contribution in [1.29, 1.82) is 0 Å². The predicted molar refractivity (Wildman–Crippen MR) is 87.5 cm³/mol. The molecule has 0 atom stereocenters. The Kier molecular flexibility index (Phi) is 6.68. The molecule has 2 heterocycles. The molecule has 2 aliphatic rings. The van der Waals surface area contributed by atoms with Gasteiger partial charge in [0.2, 0.25) is 11.8 Å². The van der Waals surface area contributed by atoms with Crippen molar-refractivity contribution in [2.75, 3.05) is 45.8 Å². The quantitative estimate of drug-likeness (QED) is 0.774. The van der Waals surface area contributed by atoms with Gasteiger partial charge in [-0.1, -0.05) is 0 Å². The van der Waals surface area contributed by atoms with Gasteiger partial charge in [-0.3, -0.25) is 14.5 Å². The molecule has 5 nitrogen and oxygen atoms in total. The van der Waals surface area contributed by atoms with Crippen LogP contribution in [0.2, 0.25) is 0 Å². The Bertz CT molecular complexity index is 368. The van der Waals surface area contributed by atoms with Crippen LogP contribution in [0.15, 0.2) is 0 Å². The van der Waals surface area contributed by atoms with Crippen LogP contribution in [0.5, 0.6) is 0 Å². The van der Waals surface area contributed by atoms with Crippen molar-refractivity contribution in [3.8, 4) is 0 Å². The topological polar surface area (TPSA) is 43.9 Å². The molecule has 0 unspecified atom stereocenters.